The van der Waals surface area contributed by atoms with Crippen LogP contribution in [0.4, 0.5) is 32.0 Å². The Kier molecular flexibility index (Phi) is 7.11. The van der Waals surface area contributed by atoms with E-state index >= 15 is 0 Å². The summed E-state index contributed by atoms with van der Waals surface area (Å²) in [7, 11) is 0. The SMILES string of the molecule is O=C(NC1CCC[C@H](Nc2cc(C(F)(F)F)nc3ccc(Cl)cc23)C1)c1cnn(CF)c1C(F)F. The normalized spacial score (nSPS) is 18.7. The van der Waals surface area contributed by atoms with Gasteiger partial charge in [0.05, 0.1) is 17.3 Å². The summed E-state index contributed by atoms with van der Waals surface area (Å²) in [5.41, 5.74) is -1.96. The van der Waals surface area contributed by atoms with Gasteiger partial charge in [0.2, 0.25) is 0 Å². The average Bonchev–Trinajstić information content (AvgIpc) is 3.24. The summed E-state index contributed by atoms with van der Waals surface area (Å²) in [6, 6.07) is 4.53. The van der Waals surface area contributed by atoms with E-state index in [1.165, 1.54) is 18.2 Å². The molecular formula is C22H20ClF6N5O. The summed E-state index contributed by atoms with van der Waals surface area (Å²) < 4.78 is 80.1. The lowest BCUT2D eigenvalue weighted by Crippen LogP contribution is -2.42. The van der Waals surface area contributed by atoms with Gasteiger partial charge in [0.15, 0.2) is 6.80 Å². The molecule has 1 fully saturated rings. The maximum Gasteiger partial charge on any atom is 0.433 e. The molecule has 0 aliphatic heterocycles. The number of amides is 1. The molecular weight excluding hydrogens is 500 g/mol. The van der Waals surface area contributed by atoms with E-state index < -0.39 is 48.3 Å². The van der Waals surface area contributed by atoms with Gasteiger partial charge in [-0.25, -0.2) is 22.8 Å². The predicted octanol–water partition coefficient (Wildman–Crippen LogP) is 6.12. The molecule has 2 aromatic heterocycles. The van der Waals surface area contributed by atoms with Gasteiger partial charge >= 0.3 is 6.18 Å². The second-order valence-electron chi connectivity index (χ2n) is 8.26. The number of alkyl halides is 6. The summed E-state index contributed by atoms with van der Waals surface area (Å²) in [5.74, 6) is -0.814. The Hall–Kier alpha value is -3.02. The molecule has 2 N–H and O–H groups in total. The molecule has 2 heterocycles. The Labute approximate surface area is 200 Å². The lowest BCUT2D eigenvalue weighted by molar-refractivity contribution is -0.140. The van der Waals surface area contributed by atoms with E-state index in [-0.39, 0.29) is 17.2 Å². The molecule has 1 saturated carbocycles. The third-order valence-corrected chi connectivity index (χ3v) is 6.11. The van der Waals surface area contributed by atoms with Gasteiger partial charge in [0.25, 0.3) is 12.3 Å². The van der Waals surface area contributed by atoms with E-state index in [2.05, 4.69) is 20.7 Å². The van der Waals surface area contributed by atoms with Crippen molar-refractivity contribution in [1.82, 2.24) is 20.1 Å². The van der Waals surface area contributed by atoms with E-state index in [0.717, 1.165) is 12.3 Å². The van der Waals surface area contributed by atoms with Crippen LogP contribution in [-0.4, -0.2) is 32.8 Å². The molecule has 188 valence electrons. The zero-order valence-corrected chi connectivity index (χ0v) is 18.8. The highest BCUT2D eigenvalue weighted by atomic mass is 35.5. The average molecular weight is 520 g/mol. The zero-order valence-electron chi connectivity index (χ0n) is 18.0. The molecule has 1 unspecified atom stereocenters. The molecule has 0 bridgehead atoms. The Morgan fingerprint density at radius 3 is 2.63 bits per heavy atom. The van der Waals surface area contributed by atoms with Crippen molar-refractivity contribution in [3.05, 3.63) is 52.4 Å². The molecule has 13 heteroatoms. The molecule has 1 aliphatic rings. The first kappa shape index (κ1) is 25.1. The van der Waals surface area contributed by atoms with Crippen molar-refractivity contribution in [2.24, 2.45) is 0 Å². The van der Waals surface area contributed by atoms with Crippen LogP contribution in [0.25, 0.3) is 10.9 Å². The molecule has 35 heavy (non-hydrogen) atoms. The summed E-state index contributed by atoms with van der Waals surface area (Å²) in [6.45, 7) is -1.30. The van der Waals surface area contributed by atoms with Gasteiger partial charge in [-0.2, -0.15) is 18.3 Å². The van der Waals surface area contributed by atoms with Gasteiger partial charge in [-0.15, -0.1) is 0 Å². The zero-order chi connectivity index (χ0) is 25.3. The first-order valence-corrected chi connectivity index (χ1v) is 11.1. The summed E-state index contributed by atoms with van der Waals surface area (Å²) in [5, 5.41) is 10.0. The minimum absolute atomic E-state index is 0.122. The number of hydrogen-bond donors (Lipinski definition) is 2. The second kappa shape index (κ2) is 9.92. The van der Waals surface area contributed by atoms with E-state index in [9.17, 15) is 31.1 Å². The summed E-state index contributed by atoms with van der Waals surface area (Å²) >= 11 is 6.04. The van der Waals surface area contributed by atoms with E-state index in [4.69, 9.17) is 11.6 Å². The van der Waals surface area contributed by atoms with Crippen LogP contribution in [0.15, 0.2) is 30.5 Å². The smallest absolute Gasteiger partial charge is 0.382 e. The Morgan fingerprint density at radius 1 is 1.20 bits per heavy atom. The van der Waals surface area contributed by atoms with Crippen molar-refractivity contribution in [3.63, 3.8) is 0 Å². The number of nitrogens with zero attached hydrogens (tertiary/aromatic N) is 3. The highest BCUT2D eigenvalue weighted by Crippen LogP contribution is 2.35. The van der Waals surface area contributed by atoms with Crippen molar-refractivity contribution < 1.29 is 31.1 Å². The number of rotatable bonds is 6. The molecule has 3 aromatic rings. The van der Waals surface area contributed by atoms with Gasteiger partial charge in [-0.1, -0.05) is 11.6 Å². The number of halogens is 7. The monoisotopic (exact) mass is 519 g/mol. The fourth-order valence-electron chi connectivity index (χ4n) is 4.29. The van der Waals surface area contributed by atoms with Crippen LogP contribution >= 0.6 is 11.6 Å². The third kappa shape index (κ3) is 5.47. The van der Waals surface area contributed by atoms with E-state index in [1.807, 2.05) is 0 Å². The Bertz CT molecular complexity index is 1230. The highest BCUT2D eigenvalue weighted by Gasteiger charge is 2.34. The van der Waals surface area contributed by atoms with Gasteiger partial charge in [0.1, 0.15) is 11.4 Å². The number of fused-ring (bicyclic) bond motifs is 1. The number of pyridine rings is 1. The van der Waals surface area contributed by atoms with Gasteiger partial charge in [-0.3, -0.25) is 4.79 Å². The first-order valence-electron chi connectivity index (χ1n) is 10.7. The second-order valence-corrected chi connectivity index (χ2v) is 8.69. The molecule has 1 amide bonds. The van der Waals surface area contributed by atoms with Crippen molar-refractivity contribution >= 4 is 34.1 Å². The fraction of sp³-hybridized carbons (Fsp3) is 0.409. The Morgan fingerprint density at radius 2 is 1.94 bits per heavy atom. The molecule has 1 aromatic carbocycles. The lowest BCUT2D eigenvalue weighted by Gasteiger charge is -2.31. The first-order chi connectivity index (χ1) is 16.6. The number of carbonyl (C=O) groups excluding carboxylic acids is 1. The van der Waals surface area contributed by atoms with Crippen LogP contribution in [0.3, 0.4) is 0 Å². The third-order valence-electron chi connectivity index (χ3n) is 5.88. The topological polar surface area (TPSA) is 71.8 Å². The van der Waals surface area contributed by atoms with Crippen molar-refractivity contribution in [2.75, 3.05) is 5.32 Å². The molecule has 1 aliphatic carbocycles. The van der Waals surface area contributed by atoms with Crippen LogP contribution in [0.2, 0.25) is 5.02 Å². The van der Waals surface area contributed by atoms with Crippen LogP contribution in [-0.2, 0) is 13.0 Å². The Balaban J connectivity index is 1.53. The molecule has 6 nitrogen and oxygen atoms in total. The summed E-state index contributed by atoms with van der Waals surface area (Å²) in [6.07, 6.45) is -4.74. The number of carbonyl (C=O) groups is 1. The minimum atomic E-state index is -4.65. The van der Waals surface area contributed by atoms with Crippen LogP contribution in [0.1, 0.15) is 53.9 Å². The molecule has 2 atom stereocenters. The van der Waals surface area contributed by atoms with E-state index in [1.54, 1.807) is 0 Å². The largest absolute Gasteiger partial charge is 0.433 e. The van der Waals surface area contributed by atoms with Crippen LogP contribution in [0.5, 0.6) is 0 Å². The number of hydrogen-bond acceptors (Lipinski definition) is 4. The van der Waals surface area contributed by atoms with Gasteiger partial charge in [0, 0.05) is 28.2 Å². The number of benzene rings is 1. The van der Waals surface area contributed by atoms with Gasteiger partial charge < -0.3 is 10.6 Å². The standard InChI is InChI=1S/C22H20ClF6N5O/c23-11-4-5-16-14(6-11)17(8-18(33-16)22(27,28)29)31-12-2-1-3-13(7-12)32-21(35)15-9-30-34(10-24)19(15)20(25)26/h4-6,8-9,12-13,20H,1-3,7,10H2,(H,31,33)(H,32,35)/t12-,13?/m0/s1. The minimum Gasteiger partial charge on any atom is -0.382 e. The molecule has 0 radical (unpaired) electrons. The maximum absolute atomic E-state index is 13.4. The molecule has 0 saturated heterocycles. The van der Waals surface area contributed by atoms with Crippen LogP contribution < -0.4 is 10.6 Å². The summed E-state index contributed by atoms with van der Waals surface area (Å²) in [4.78, 5) is 16.3. The molecule has 4 rings (SSSR count). The maximum atomic E-state index is 13.4. The molecule has 0 spiro atoms. The van der Waals surface area contributed by atoms with Gasteiger partial charge in [-0.05, 0) is 49.9 Å². The quantitative estimate of drug-likeness (QED) is 0.385. The van der Waals surface area contributed by atoms with Crippen LogP contribution in [0, 0.1) is 0 Å². The van der Waals surface area contributed by atoms with Crippen molar-refractivity contribution in [1.29, 1.82) is 0 Å². The predicted molar refractivity (Wildman–Crippen MR) is 117 cm³/mol. The van der Waals surface area contributed by atoms with Crippen molar-refractivity contribution in [3.8, 4) is 0 Å². The number of anilines is 1. The lowest BCUT2D eigenvalue weighted by atomic mass is 9.90. The van der Waals surface area contributed by atoms with E-state index in [0.29, 0.717) is 40.8 Å². The fourth-order valence-corrected chi connectivity index (χ4v) is 4.46. The highest BCUT2D eigenvalue weighted by molar-refractivity contribution is 6.31. The number of nitrogens with one attached hydrogen (secondary N) is 2. The van der Waals surface area contributed by atoms with Crippen molar-refractivity contribution in [2.45, 2.75) is 57.2 Å². The number of aromatic nitrogens is 3.